The summed E-state index contributed by atoms with van der Waals surface area (Å²) in [5, 5.41) is 6.83. The Kier molecular flexibility index (Phi) is 6.22. The zero-order valence-corrected chi connectivity index (χ0v) is 15.5. The van der Waals surface area contributed by atoms with Gasteiger partial charge in [-0.2, -0.15) is 4.98 Å². The van der Waals surface area contributed by atoms with Crippen LogP contribution in [0.1, 0.15) is 29.6 Å². The smallest absolute Gasteiger partial charge is 0.317 e. The lowest BCUT2D eigenvalue weighted by molar-refractivity contribution is 0.207. The molecule has 1 unspecified atom stereocenters. The van der Waals surface area contributed by atoms with E-state index in [0.29, 0.717) is 37.1 Å². The van der Waals surface area contributed by atoms with Crippen molar-refractivity contribution in [3.63, 3.8) is 0 Å². The van der Waals surface area contributed by atoms with Crippen molar-refractivity contribution in [2.45, 2.75) is 25.7 Å². The highest BCUT2D eigenvalue weighted by molar-refractivity contribution is 5.73. The second kappa shape index (κ2) is 8.80. The summed E-state index contributed by atoms with van der Waals surface area (Å²) in [4.78, 5) is 20.4. The first-order valence-corrected chi connectivity index (χ1v) is 9.17. The number of carbonyl (C=O) groups is 1. The lowest BCUT2D eigenvalue weighted by atomic mass is 9.99. The number of aryl methyl sites for hydroxylation is 1. The van der Waals surface area contributed by atoms with Crippen LogP contribution >= 0.6 is 0 Å². The van der Waals surface area contributed by atoms with E-state index >= 15 is 0 Å². The van der Waals surface area contributed by atoms with Gasteiger partial charge in [-0.3, -0.25) is 0 Å². The zero-order valence-electron chi connectivity index (χ0n) is 15.5. The molecule has 7 heteroatoms. The first-order valence-electron chi connectivity index (χ1n) is 9.17. The maximum absolute atomic E-state index is 12.2. The molecule has 1 aliphatic rings. The molecule has 1 saturated heterocycles. The van der Waals surface area contributed by atoms with E-state index in [2.05, 4.69) is 50.7 Å². The Hall–Kier alpha value is -2.41. The number of likely N-dealkylation sites (tertiary alicyclic amines) is 1. The van der Waals surface area contributed by atoms with Gasteiger partial charge in [0.05, 0.1) is 0 Å². The van der Waals surface area contributed by atoms with Gasteiger partial charge in [-0.05, 0) is 24.4 Å². The number of hydrogen-bond acceptors (Lipinski definition) is 5. The highest BCUT2D eigenvalue weighted by Crippen LogP contribution is 2.26. The van der Waals surface area contributed by atoms with Gasteiger partial charge in [0.25, 0.3) is 0 Å². The fourth-order valence-corrected chi connectivity index (χ4v) is 3.30. The number of hydrogen-bond donors (Lipinski definition) is 1. The number of benzene rings is 1. The van der Waals surface area contributed by atoms with Crippen molar-refractivity contribution in [1.82, 2.24) is 25.3 Å². The van der Waals surface area contributed by atoms with Crippen LogP contribution in [0.3, 0.4) is 0 Å². The molecule has 7 nitrogen and oxygen atoms in total. The summed E-state index contributed by atoms with van der Waals surface area (Å²) in [6, 6.07) is 10.6. The summed E-state index contributed by atoms with van der Waals surface area (Å²) >= 11 is 0. The average molecular weight is 357 g/mol. The van der Waals surface area contributed by atoms with E-state index < -0.39 is 0 Å². The molecular weight excluding hydrogens is 330 g/mol. The number of rotatable bonds is 7. The molecule has 0 radical (unpaired) electrons. The van der Waals surface area contributed by atoms with Crippen molar-refractivity contribution >= 4 is 6.03 Å². The van der Waals surface area contributed by atoms with Crippen molar-refractivity contribution in [2.75, 3.05) is 39.8 Å². The Balaban J connectivity index is 1.33. The molecule has 1 aliphatic heterocycles. The minimum Gasteiger partial charge on any atom is -0.340 e. The van der Waals surface area contributed by atoms with Gasteiger partial charge in [0, 0.05) is 46.6 Å². The van der Waals surface area contributed by atoms with Crippen LogP contribution in [0.2, 0.25) is 0 Å². The SMILES string of the molecule is Cc1nc(CCN(C)C(=O)NCCN2CCC(c3ccccc3)C2)no1. The summed E-state index contributed by atoms with van der Waals surface area (Å²) in [5.74, 6) is 1.78. The van der Waals surface area contributed by atoms with Gasteiger partial charge in [-0.1, -0.05) is 35.5 Å². The molecule has 2 heterocycles. The Morgan fingerprint density at radius 2 is 2.19 bits per heavy atom. The highest BCUT2D eigenvalue weighted by atomic mass is 16.5. The van der Waals surface area contributed by atoms with Crippen molar-refractivity contribution in [1.29, 1.82) is 0 Å². The van der Waals surface area contributed by atoms with Crippen LogP contribution in [-0.4, -0.2) is 65.7 Å². The maximum atomic E-state index is 12.2. The van der Waals surface area contributed by atoms with Crippen LogP contribution in [0.15, 0.2) is 34.9 Å². The summed E-state index contributed by atoms with van der Waals surface area (Å²) in [6.07, 6.45) is 1.77. The van der Waals surface area contributed by atoms with Gasteiger partial charge in [0.2, 0.25) is 5.89 Å². The molecule has 1 fully saturated rings. The standard InChI is InChI=1S/C19H27N5O2/c1-15-21-18(22-26-15)9-11-23(2)19(25)20-10-13-24-12-8-17(14-24)16-6-4-3-5-7-16/h3-7,17H,8-14H2,1-2H3,(H,20,25). The predicted molar refractivity (Wildman–Crippen MR) is 99.0 cm³/mol. The fourth-order valence-electron chi connectivity index (χ4n) is 3.30. The van der Waals surface area contributed by atoms with E-state index in [-0.39, 0.29) is 6.03 Å². The van der Waals surface area contributed by atoms with Crippen LogP contribution in [0.25, 0.3) is 0 Å². The van der Waals surface area contributed by atoms with E-state index in [1.54, 1.807) is 18.9 Å². The molecule has 1 atom stereocenters. The Morgan fingerprint density at radius 1 is 1.38 bits per heavy atom. The third kappa shape index (κ3) is 5.05. The van der Waals surface area contributed by atoms with E-state index in [1.165, 1.54) is 12.0 Å². The topological polar surface area (TPSA) is 74.5 Å². The van der Waals surface area contributed by atoms with Crippen LogP contribution in [-0.2, 0) is 6.42 Å². The van der Waals surface area contributed by atoms with Crippen molar-refractivity contribution in [3.8, 4) is 0 Å². The number of nitrogens with one attached hydrogen (secondary N) is 1. The Morgan fingerprint density at radius 3 is 2.92 bits per heavy atom. The summed E-state index contributed by atoms with van der Waals surface area (Å²) < 4.78 is 4.93. The summed E-state index contributed by atoms with van der Waals surface area (Å²) in [7, 11) is 1.78. The van der Waals surface area contributed by atoms with Gasteiger partial charge in [0.1, 0.15) is 0 Å². The second-order valence-corrected chi connectivity index (χ2v) is 6.83. The molecule has 0 bridgehead atoms. The normalized spacial score (nSPS) is 17.4. The molecule has 0 spiro atoms. The molecule has 2 amide bonds. The van der Waals surface area contributed by atoms with Crippen molar-refractivity contribution < 1.29 is 9.32 Å². The third-order valence-electron chi connectivity index (χ3n) is 4.83. The van der Waals surface area contributed by atoms with Crippen LogP contribution in [0.5, 0.6) is 0 Å². The van der Waals surface area contributed by atoms with Crippen molar-refractivity contribution in [2.24, 2.45) is 0 Å². The maximum Gasteiger partial charge on any atom is 0.317 e. The van der Waals surface area contributed by atoms with Gasteiger partial charge < -0.3 is 19.6 Å². The summed E-state index contributed by atoms with van der Waals surface area (Å²) in [6.45, 7) is 6.01. The molecule has 26 heavy (non-hydrogen) atoms. The first-order chi connectivity index (χ1) is 12.6. The second-order valence-electron chi connectivity index (χ2n) is 6.83. The van der Waals surface area contributed by atoms with Gasteiger partial charge in [-0.15, -0.1) is 0 Å². The molecule has 0 saturated carbocycles. The molecular formula is C19H27N5O2. The zero-order chi connectivity index (χ0) is 18.4. The van der Waals surface area contributed by atoms with E-state index in [4.69, 9.17) is 4.52 Å². The minimum atomic E-state index is -0.0657. The highest BCUT2D eigenvalue weighted by Gasteiger charge is 2.23. The quantitative estimate of drug-likeness (QED) is 0.821. The van der Waals surface area contributed by atoms with E-state index in [1.807, 2.05) is 0 Å². The molecule has 3 rings (SSSR count). The molecule has 1 aromatic heterocycles. The lowest BCUT2D eigenvalue weighted by Gasteiger charge is -2.20. The predicted octanol–water partition coefficient (Wildman–Crippen LogP) is 2.05. The molecule has 0 aliphatic carbocycles. The lowest BCUT2D eigenvalue weighted by Crippen LogP contribution is -2.41. The van der Waals surface area contributed by atoms with Gasteiger partial charge in [0.15, 0.2) is 5.82 Å². The number of nitrogens with zero attached hydrogens (tertiary/aromatic N) is 4. The molecule has 2 aromatic rings. The number of urea groups is 1. The summed E-state index contributed by atoms with van der Waals surface area (Å²) in [5.41, 5.74) is 1.41. The van der Waals surface area contributed by atoms with Gasteiger partial charge in [-0.25, -0.2) is 4.79 Å². The van der Waals surface area contributed by atoms with Gasteiger partial charge >= 0.3 is 6.03 Å². The van der Waals surface area contributed by atoms with Crippen LogP contribution < -0.4 is 5.32 Å². The monoisotopic (exact) mass is 357 g/mol. The largest absolute Gasteiger partial charge is 0.340 e. The Bertz CT molecular complexity index is 703. The van der Waals surface area contributed by atoms with E-state index in [0.717, 1.165) is 19.6 Å². The minimum absolute atomic E-state index is 0.0657. The van der Waals surface area contributed by atoms with Crippen LogP contribution in [0, 0.1) is 6.92 Å². The van der Waals surface area contributed by atoms with Crippen molar-refractivity contribution in [3.05, 3.63) is 47.6 Å². The molecule has 1 aromatic carbocycles. The van der Waals surface area contributed by atoms with Crippen LogP contribution in [0.4, 0.5) is 4.79 Å². The molecule has 1 N–H and O–H groups in total. The number of likely N-dealkylation sites (N-methyl/N-ethyl adjacent to an activating group) is 1. The third-order valence-corrected chi connectivity index (χ3v) is 4.83. The number of amides is 2. The number of carbonyl (C=O) groups excluding carboxylic acids is 1. The number of aromatic nitrogens is 2. The molecule has 140 valence electrons. The first kappa shape index (κ1) is 18.4. The fraction of sp³-hybridized carbons (Fsp3) is 0.526. The average Bonchev–Trinajstić information content (AvgIpc) is 3.29. The van der Waals surface area contributed by atoms with E-state index in [9.17, 15) is 4.79 Å². The Labute approximate surface area is 154 Å².